The first-order chi connectivity index (χ1) is 13.9. The molecule has 3 aromatic rings. The molecule has 4 N–H and O–H groups in total. The van der Waals surface area contributed by atoms with E-state index in [2.05, 4.69) is 30.5 Å². The lowest BCUT2D eigenvalue weighted by Gasteiger charge is -2.25. The number of fused-ring (bicyclic) bond motifs is 1. The smallest absolute Gasteiger partial charge is 0.177 e. The van der Waals surface area contributed by atoms with Gasteiger partial charge in [0.1, 0.15) is 24.1 Å². The molecule has 0 radical (unpaired) electrons. The van der Waals surface area contributed by atoms with Crippen LogP contribution in [0.2, 0.25) is 0 Å². The molecule has 1 aliphatic rings. The topological polar surface area (TPSA) is 151 Å². The molecule has 1 fully saturated rings. The number of rotatable bonds is 5. The van der Waals surface area contributed by atoms with Crippen LogP contribution in [0.15, 0.2) is 42.2 Å². The zero-order valence-electron chi connectivity index (χ0n) is 15.8. The Labute approximate surface area is 165 Å². The van der Waals surface area contributed by atoms with Gasteiger partial charge < -0.3 is 20.1 Å². The van der Waals surface area contributed by atoms with Gasteiger partial charge in [-0.25, -0.2) is 15.0 Å². The van der Waals surface area contributed by atoms with Gasteiger partial charge in [0, 0.05) is 6.20 Å². The minimum Gasteiger partial charge on any atom is -0.394 e. The van der Waals surface area contributed by atoms with Crippen molar-refractivity contribution < 1.29 is 20.1 Å². The van der Waals surface area contributed by atoms with Crippen molar-refractivity contribution in [2.24, 2.45) is 5.10 Å². The van der Waals surface area contributed by atoms with Gasteiger partial charge in [0.15, 0.2) is 23.2 Å². The van der Waals surface area contributed by atoms with Gasteiger partial charge in [-0.2, -0.15) is 5.10 Å². The van der Waals surface area contributed by atoms with Crippen LogP contribution in [0.25, 0.3) is 11.2 Å². The van der Waals surface area contributed by atoms with Gasteiger partial charge in [-0.15, -0.1) is 0 Å². The zero-order valence-corrected chi connectivity index (χ0v) is 15.8. The molecule has 11 heteroatoms. The monoisotopic (exact) mass is 399 g/mol. The predicted molar refractivity (Wildman–Crippen MR) is 103 cm³/mol. The maximum Gasteiger partial charge on any atom is 0.177 e. The van der Waals surface area contributed by atoms with Crippen LogP contribution in [0, 0.1) is 0 Å². The maximum absolute atomic E-state index is 10.5. The van der Waals surface area contributed by atoms with E-state index in [-0.39, 0.29) is 0 Å². The van der Waals surface area contributed by atoms with E-state index in [1.807, 2.05) is 25.1 Å². The highest BCUT2D eigenvalue weighted by atomic mass is 16.6. The number of aliphatic hydroxyl groups is 3. The summed E-state index contributed by atoms with van der Waals surface area (Å²) in [4.78, 5) is 16.9. The summed E-state index contributed by atoms with van der Waals surface area (Å²) in [5, 5.41) is 34.7. The molecule has 4 heterocycles. The highest BCUT2D eigenvalue weighted by Gasteiger charge is 2.52. The molecule has 0 saturated carbocycles. The number of aliphatic hydroxyl groups excluding tert-OH is 2. The van der Waals surface area contributed by atoms with Crippen LogP contribution in [0.4, 0.5) is 5.82 Å². The molecule has 0 amide bonds. The standard InChI is InChI=1S/C18H21N7O4/c1-10(11-5-3-4-6-19-11)23-24-15-13-16(21-8-20-15)25(9-22-13)17-14(27)18(2,28)12(7-26)29-17/h3-6,8-9,12,14,17,26-28H,7H2,1-2H3,(H,20,21,24)/b23-10-/t12-,14+,17?,18-/m1/s1. The second-order valence-electron chi connectivity index (χ2n) is 6.94. The number of aromatic nitrogens is 5. The highest BCUT2D eigenvalue weighted by Crippen LogP contribution is 2.38. The molecule has 0 bridgehead atoms. The van der Waals surface area contributed by atoms with E-state index in [0.29, 0.717) is 22.7 Å². The Hall–Kier alpha value is -2.99. The third kappa shape index (κ3) is 3.34. The minimum absolute atomic E-state index is 0.363. The molecule has 0 aromatic carbocycles. The van der Waals surface area contributed by atoms with Crippen molar-refractivity contribution in [2.45, 2.75) is 37.9 Å². The number of imidazole rings is 1. The highest BCUT2D eigenvalue weighted by molar-refractivity contribution is 5.97. The van der Waals surface area contributed by atoms with Crippen LogP contribution >= 0.6 is 0 Å². The van der Waals surface area contributed by atoms with Gasteiger partial charge in [0.25, 0.3) is 0 Å². The third-order valence-electron chi connectivity index (χ3n) is 4.99. The number of hydrogen-bond acceptors (Lipinski definition) is 10. The lowest BCUT2D eigenvalue weighted by Crippen LogP contribution is -2.46. The largest absolute Gasteiger partial charge is 0.394 e. The molecular weight excluding hydrogens is 378 g/mol. The van der Waals surface area contributed by atoms with Gasteiger partial charge in [-0.1, -0.05) is 6.07 Å². The van der Waals surface area contributed by atoms with E-state index in [4.69, 9.17) is 4.74 Å². The molecule has 152 valence electrons. The van der Waals surface area contributed by atoms with Gasteiger partial charge in [-0.05, 0) is 26.0 Å². The molecule has 29 heavy (non-hydrogen) atoms. The fourth-order valence-corrected chi connectivity index (χ4v) is 3.20. The van der Waals surface area contributed by atoms with Crippen LogP contribution in [-0.2, 0) is 4.74 Å². The molecule has 1 unspecified atom stereocenters. The van der Waals surface area contributed by atoms with Gasteiger partial charge in [0.05, 0.1) is 24.3 Å². The van der Waals surface area contributed by atoms with Crippen molar-refractivity contribution in [3.05, 3.63) is 42.7 Å². The number of pyridine rings is 1. The lowest BCUT2D eigenvalue weighted by molar-refractivity contribution is -0.0804. The average molecular weight is 399 g/mol. The van der Waals surface area contributed by atoms with Crippen LogP contribution in [0.1, 0.15) is 25.8 Å². The second kappa shape index (κ2) is 7.44. The van der Waals surface area contributed by atoms with Gasteiger partial charge >= 0.3 is 0 Å². The molecule has 0 spiro atoms. The Bertz CT molecular complexity index is 1040. The Kier molecular flexibility index (Phi) is 4.96. The zero-order chi connectivity index (χ0) is 20.6. The first kappa shape index (κ1) is 19.3. The first-order valence-electron chi connectivity index (χ1n) is 8.99. The molecule has 11 nitrogen and oxygen atoms in total. The van der Waals surface area contributed by atoms with Crippen LogP contribution in [0.3, 0.4) is 0 Å². The fraction of sp³-hybridized carbons (Fsp3) is 0.389. The Balaban J connectivity index is 1.64. The van der Waals surface area contributed by atoms with E-state index in [0.717, 1.165) is 5.69 Å². The summed E-state index contributed by atoms with van der Waals surface area (Å²) in [5.74, 6) is 0.363. The van der Waals surface area contributed by atoms with E-state index >= 15 is 0 Å². The van der Waals surface area contributed by atoms with Crippen molar-refractivity contribution in [3.8, 4) is 0 Å². The summed E-state index contributed by atoms with van der Waals surface area (Å²) in [6.07, 6.45) is 1.26. The number of hydrogen-bond donors (Lipinski definition) is 4. The van der Waals surface area contributed by atoms with Crippen LogP contribution < -0.4 is 5.43 Å². The molecule has 3 aromatic heterocycles. The summed E-state index contributed by atoms with van der Waals surface area (Å²) < 4.78 is 7.14. The predicted octanol–water partition coefficient (Wildman–Crippen LogP) is 0.0590. The summed E-state index contributed by atoms with van der Waals surface area (Å²) in [6.45, 7) is 2.79. The minimum atomic E-state index is -1.62. The summed E-state index contributed by atoms with van der Waals surface area (Å²) >= 11 is 0. The number of anilines is 1. The Morgan fingerprint density at radius 1 is 1.31 bits per heavy atom. The molecular formula is C18H21N7O4. The van der Waals surface area contributed by atoms with Crippen molar-refractivity contribution in [3.63, 3.8) is 0 Å². The second-order valence-corrected chi connectivity index (χ2v) is 6.94. The van der Waals surface area contributed by atoms with E-state index in [1.54, 1.807) is 6.20 Å². The third-order valence-corrected chi connectivity index (χ3v) is 4.99. The summed E-state index contributed by atoms with van der Waals surface area (Å²) in [7, 11) is 0. The van der Waals surface area contributed by atoms with Crippen molar-refractivity contribution in [1.29, 1.82) is 0 Å². The fourth-order valence-electron chi connectivity index (χ4n) is 3.20. The normalized spacial score (nSPS) is 27.5. The number of ether oxygens (including phenoxy) is 1. The van der Waals surface area contributed by atoms with Crippen molar-refractivity contribution >= 4 is 22.7 Å². The van der Waals surface area contributed by atoms with E-state index < -0.39 is 30.6 Å². The molecule has 4 atom stereocenters. The lowest BCUT2D eigenvalue weighted by atomic mass is 9.95. The van der Waals surface area contributed by atoms with Crippen molar-refractivity contribution in [1.82, 2.24) is 24.5 Å². The number of nitrogens with one attached hydrogen (secondary N) is 1. The van der Waals surface area contributed by atoms with Crippen LogP contribution in [-0.4, -0.2) is 70.0 Å². The SMILES string of the molecule is C/C(=N/Nc1ncnc2c1ncn2C1O[C@H](CO)[C@@](C)(O)[C@H]1O)c1ccccn1. The molecule has 0 aliphatic carbocycles. The van der Waals surface area contributed by atoms with Gasteiger partial charge in [-0.3, -0.25) is 15.0 Å². The Morgan fingerprint density at radius 2 is 2.14 bits per heavy atom. The van der Waals surface area contributed by atoms with Gasteiger partial charge in [0.2, 0.25) is 0 Å². The summed E-state index contributed by atoms with van der Waals surface area (Å²) in [5.41, 5.74) is 3.42. The molecule has 4 rings (SSSR count). The number of nitrogens with zero attached hydrogens (tertiary/aromatic N) is 6. The molecule has 1 saturated heterocycles. The van der Waals surface area contributed by atoms with E-state index in [9.17, 15) is 15.3 Å². The number of hydrazone groups is 1. The quantitative estimate of drug-likeness (QED) is 0.345. The van der Waals surface area contributed by atoms with Crippen molar-refractivity contribution in [2.75, 3.05) is 12.0 Å². The average Bonchev–Trinajstić information content (AvgIpc) is 3.26. The first-order valence-corrected chi connectivity index (χ1v) is 8.99. The maximum atomic E-state index is 10.5. The van der Waals surface area contributed by atoms with E-state index in [1.165, 1.54) is 24.1 Å². The Morgan fingerprint density at radius 3 is 2.83 bits per heavy atom. The molecule has 1 aliphatic heterocycles. The van der Waals surface area contributed by atoms with Crippen LogP contribution in [0.5, 0.6) is 0 Å². The summed E-state index contributed by atoms with van der Waals surface area (Å²) in [6, 6.07) is 5.53.